The first-order valence-corrected chi connectivity index (χ1v) is 6.59. The first-order chi connectivity index (χ1) is 7.94. The number of imidazole rings is 1. The zero-order chi connectivity index (χ0) is 14.3. The van der Waals surface area contributed by atoms with Gasteiger partial charge in [-0.2, -0.15) is 0 Å². The first-order valence-electron chi connectivity index (χ1n) is 6.59. The number of carbonyl (C=O) groups is 1. The summed E-state index contributed by atoms with van der Waals surface area (Å²) in [5, 5.41) is 0. The predicted octanol–water partition coefficient (Wildman–Crippen LogP) is 3.77. The van der Waals surface area contributed by atoms with Crippen molar-refractivity contribution in [3.63, 3.8) is 0 Å². The first kappa shape index (κ1) is 14.9. The summed E-state index contributed by atoms with van der Waals surface area (Å²) in [6.07, 6.45) is 2.02. The van der Waals surface area contributed by atoms with Crippen LogP contribution >= 0.6 is 0 Å². The second-order valence-electron chi connectivity index (χ2n) is 7.26. The zero-order valence-electron chi connectivity index (χ0n) is 13.0. The molecule has 0 bridgehead atoms. The molecule has 3 nitrogen and oxygen atoms in total. The Bertz CT molecular complexity index is 442. The molecule has 1 rings (SSSR count). The van der Waals surface area contributed by atoms with Gasteiger partial charge in [0.1, 0.15) is 0 Å². The van der Waals surface area contributed by atoms with Crippen LogP contribution < -0.4 is 0 Å². The van der Waals surface area contributed by atoms with Crippen LogP contribution in [0.4, 0.5) is 0 Å². The number of rotatable bonds is 2. The van der Waals surface area contributed by atoms with E-state index < -0.39 is 0 Å². The fraction of sp³-hybridized carbons (Fsp3) is 0.733. The van der Waals surface area contributed by atoms with Crippen LogP contribution in [0.25, 0.3) is 0 Å². The summed E-state index contributed by atoms with van der Waals surface area (Å²) in [5.74, 6) is 0.671. The van der Waals surface area contributed by atoms with Gasteiger partial charge in [0.2, 0.25) is 5.78 Å². The number of aromatic nitrogens is 2. The lowest BCUT2D eigenvalue weighted by atomic mass is 9.93. The van der Waals surface area contributed by atoms with Crippen LogP contribution in [0.3, 0.4) is 0 Å². The molecular formula is C15H26N2O. The molecule has 0 aliphatic heterocycles. The molecule has 3 heteroatoms. The molecule has 102 valence electrons. The van der Waals surface area contributed by atoms with Gasteiger partial charge in [-0.05, 0) is 20.8 Å². The SMILES string of the molecule is CC(C)C(=O)c1nc(C(C)(C)C)cn1C(C)(C)C. The van der Waals surface area contributed by atoms with Gasteiger partial charge < -0.3 is 4.57 Å². The quantitative estimate of drug-likeness (QED) is 0.749. The van der Waals surface area contributed by atoms with Gasteiger partial charge >= 0.3 is 0 Å². The van der Waals surface area contributed by atoms with Crippen LogP contribution in [0.15, 0.2) is 6.20 Å². The number of hydrogen-bond acceptors (Lipinski definition) is 2. The van der Waals surface area contributed by atoms with E-state index in [2.05, 4.69) is 46.5 Å². The lowest BCUT2D eigenvalue weighted by Crippen LogP contribution is -2.27. The van der Waals surface area contributed by atoms with Crippen molar-refractivity contribution in [2.24, 2.45) is 5.92 Å². The van der Waals surface area contributed by atoms with Crippen molar-refractivity contribution in [3.8, 4) is 0 Å². The fourth-order valence-corrected chi connectivity index (χ4v) is 1.68. The van der Waals surface area contributed by atoms with Crippen LogP contribution in [0, 0.1) is 5.92 Å². The second-order valence-corrected chi connectivity index (χ2v) is 7.26. The highest BCUT2D eigenvalue weighted by atomic mass is 16.1. The maximum Gasteiger partial charge on any atom is 0.200 e. The van der Waals surface area contributed by atoms with Crippen molar-refractivity contribution in [3.05, 3.63) is 17.7 Å². The summed E-state index contributed by atoms with van der Waals surface area (Å²) in [6.45, 7) is 16.5. The molecule has 1 aromatic rings. The molecule has 0 fully saturated rings. The summed E-state index contributed by atoms with van der Waals surface area (Å²) in [5.41, 5.74) is 0.806. The molecule has 1 aromatic heterocycles. The largest absolute Gasteiger partial charge is 0.323 e. The topological polar surface area (TPSA) is 34.9 Å². The summed E-state index contributed by atoms with van der Waals surface area (Å²) >= 11 is 0. The lowest BCUT2D eigenvalue weighted by Gasteiger charge is -2.23. The molecule has 18 heavy (non-hydrogen) atoms. The maximum atomic E-state index is 12.3. The number of ketones is 1. The van der Waals surface area contributed by atoms with Crippen LogP contribution in [0.5, 0.6) is 0 Å². The van der Waals surface area contributed by atoms with Crippen LogP contribution in [0.2, 0.25) is 0 Å². The molecule has 0 radical (unpaired) electrons. The lowest BCUT2D eigenvalue weighted by molar-refractivity contribution is 0.0918. The highest BCUT2D eigenvalue weighted by Gasteiger charge is 2.28. The van der Waals surface area contributed by atoms with Gasteiger partial charge in [0.25, 0.3) is 0 Å². The molecule has 0 unspecified atom stereocenters. The third-order valence-corrected chi connectivity index (χ3v) is 2.94. The van der Waals surface area contributed by atoms with Gasteiger partial charge in [-0.1, -0.05) is 34.6 Å². The summed E-state index contributed by atoms with van der Waals surface area (Å²) in [4.78, 5) is 16.9. The number of Topliss-reactive ketones (excluding diaryl/α,β-unsaturated/α-hetero) is 1. The Balaban J connectivity index is 3.40. The van der Waals surface area contributed by atoms with Gasteiger partial charge in [-0.3, -0.25) is 4.79 Å². The van der Waals surface area contributed by atoms with Crippen molar-refractivity contribution >= 4 is 5.78 Å². The summed E-state index contributed by atoms with van der Waals surface area (Å²) < 4.78 is 2.01. The Morgan fingerprint density at radius 3 is 2.00 bits per heavy atom. The monoisotopic (exact) mass is 250 g/mol. The van der Waals surface area contributed by atoms with Gasteiger partial charge in [0.15, 0.2) is 5.82 Å². The molecule has 0 saturated heterocycles. The van der Waals surface area contributed by atoms with E-state index in [1.165, 1.54) is 0 Å². The molecule has 0 N–H and O–H groups in total. The van der Waals surface area contributed by atoms with Gasteiger partial charge in [-0.25, -0.2) is 4.98 Å². The normalized spacial score (nSPS) is 13.2. The minimum absolute atomic E-state index is 0.0266. The predicted molar refractivity (Wildman–Crippen MR) is 75.1 cm³/mol. The number of carbonyl (C=O) groups excluding carboxylic acids is 1. The molecule has 1 heterocycles. The minimum Gasteiger partial charge on any atom is -0.323 e. The van der Waals surface area contributed by atoms with E-state index in [-0.39, 0.29) is 22.7 Å². The molecular weight excluding hydrogens is 224 g/mol. The third kappa shape index (κ3) is 3.01. The van der Waals surface area contributed by atoms with Crippen molar-refractivity contribution in [2.75, 3.05) is 0 Å². The Kier molecular flexibility index (Phi) is 3.75. The van der Waals surface area contributed by atoms with E-state index in [0.29, 0.717) is 5.82 Å². The molecule has 0 saturated carbocycles. The summed E-state index contributed by atoms with van der Waals surface area (Å²) in [6, 6.07) is 0. The minimum atomic E-state index is -0.129. The fourth-order valence-electron chi connectivity index (χ4n) is 1.68. The second kappa shape index (κ2) is 4.52. The van der Waals surface area contributed by atoms with Gasteiger partial charge in [-0.15, -0.1) is 0 Å². The molecule has 0 aromatic carbocycles. The number of nitrogens with zero attached hydrogens (tertiary/aromatic N) is 2. The zero-order valence-corrected chi connectivity index (χ0v) is 13.0. The standard InChI is InChI=1S/C15H26N2O/c1-10(2)12(18)13-16-11(14(3,4)5)9-17(13)15(6,7)8/h9-10H,1-8H3. The maximum absolute atomic E-state index is 12.3. The smallest absolute Gasteiger partial charge is 0.200 e. The van der Waals surface area contributed by atoms with E-state index in [4.69, 9.17) is 0 Å². The average Bonchev–Trinajstić information content (AvgIpc) is 2.58. The molecule has 0 atom stereocenters. The van der Waals surface area contributed by atoms with Crippen molar-refractivity contribution in [2.45, 2.75) is 66.3 Å². The van der Waals surface area contributed by atoms with E-state index in [1.54, 1.807) is 0 Å². The van der Waals surface area contributed by atoms with Gasteiger partial charge in [0.05, 0.1) is 5.69 Å². The summed E-state index contributed by atoms with van der Waals surface area (Å²) in [7, 11) is 0. The van der Waals surface area contributed by atoms with E-state index in [0.717, 1.165) is 5.69 Å². The van der Waals surface area contributed by atoms with Crippen LogP contribution in [0.1, 0.15) is 71.7 Å². The van der Waals surface area contributed by atoms with Gasteiger partial charge in [0, 0.05) is 23.1 Å². The highest BCUT2D eigenvalue weighted by Crippen LogP contribution is 2.26. The van der Waals surface area contributed by atoms with Crippen LogP contribution in [-0.4, -0.2) is 15.3 Å². The average molecular weight is 250 g/mol. The van der Waals surface area contributed by atoms with E-state index >= 15 is 0 Å². The Labute approximate surface area is 111 Å². The highest BCUT2D eigenvalue weighted by molar-refractivity contribution is 5.94. The van der Waals surface area contributed by atoms with Crippen molar-refractivity contribution < 1.29 is 4.79 Å². The molecule has 0 aliphatic rings. The Morgan fingerprint density at radius 2 is 1.67 bits per heavy atom. The molecule has 0 amide bonds. The molecule has 0 spiro atoms. The molecule has 0 aliphatic carbocycles. The van der Waals surface area contributed by atoms with Crippen LogP contribution in [-0.2, 0) is 11.0 Å². The van der Waals surface area contributed by atoms with Crippen molar-refractivity contribution in [1.29, 1.82) is 0 Å². The Morgan fingerprint density at radius 1 is 1.17 bits per heavy atom. The van der Waals surface area contributed by atoms with E-state index in [9.17, 15) is 4.79 Å². The number of hydrogen-bond donors (Lipinski definition) is 0. The third-order valence-electron chi connectivity index (χ3n) is 2.94. The van der Waals surface area contributed by atoms with E-state index in [1.807, 2.05) is 24.6 Å². The Hall–Kier alpha value is -1.12. The van der Waals surface area contributed by atoms with Crippen molar-refractivity contribution in [1.82, 2.24) is 9.55 Å².